The summed E-state index contributed by atoms with van der Waals surface area (Å²) in [4.78, 5) is 8.24. The lowest BCUT2D eigenvalue weighted by Gasteiger charge is -2.09. The molecule has 0 unspecified atom stereocenters. The zero-order valence-corrected chi connectivity index (χ0v) is 11.7. The molecular formula is C14H8BrF2N3. The van der Waals surface area contributed by atoms with Gasteiger partial charge in [-0.1, -0.05) is 6.07 Å². The van der Waals surface area contributed by atoms with Crippen LogP contribution in [0.25, 0.3) is 10.9 Å². The molecule has 1 heterocycles. The summed E-state index contributed by atoms with van der Waals surface area (Å²) in [6.45, 7) is 0. The SMILES string of the molecule is Fc1ccc(F)c(Nc2ncnc3c(Br)cccc23)c1. The van der Waals surface area contributed by atoms with Crippen LogP contribution < -0.4 is 5.32 Å². The van der Waals surface area contributed by atoms with Gasteiger partial charge in [-0.15, -0.1) is 0 Å². The van der Waals surface area contributed by atoms with Crippen molar-refractivity contribution in [3.8, 4) is 0 Å². The molecule has 0 radical (unpaired) electrons. The number of anilines is 2. The fraction of sp³-hybridized carbons (Fsp3) is 0. The van der Waals surface area contributed by atoms with E-state index in [1.54, 1.807) is 6.07 Å². The number of halogens is 3. The van der Waals surface area contributed by atoms with E-state index in [1.165, 1.54) is 6.33 Å². The molecule has 3 nitrogen and oxygen atoms in total. The topological polar surface area (TPSA) is 37.8 Å². The smallest absolute Gasteiger partial charge is 0.146 e. The Bertz CT molecular complexity index is 792. The Morgan fingerprint density at radius 1 is 1.05 bits per heavy atom. The predicted molar refractivity (Wildman–Crippen MR) is 76.9 cm³/mol. The second-order valence-corrected chi connectivity index (χ2v) is 4.96. The minimum Gasteiger partial charge on any atom is -0.337 e. The van der Waals surface area contributed by atoms with Crippen molar-refractivity contribution in [3.05, 3.63) is 58.8 Å². The number of para-hydroxylation sites is 1. The van der Waals surface area contributed by atoms with Gasteiger partial charge in [0.15, 0.2) is 0 Å². The zero-order chi connectivity index (χ0) is 14.1. The normalized spacial score (nSPS) is 10.8. The van der Waals surface area contributed by atoms with Crippen molar-refractivity contribution < 1.29 is 8.78 Å². The molecular weight excluding hydrogens is 328 g/mol. The number of aromatic nitrogens is 2. The van der Waals surface area contributed by atoms with Crippen LogP contribution in [-0.2, 0) is 0 Å². The van der Waals surface area contributed by atoms with Crippen LogP contribution in [0.4, 0.5) is 20.3 Å². The molecule has 0 saturated heterocycles. The summed E-state index contributed by atoms with van der Waals surface area (Å²) >= 11 is 3.39. The first-order valence-electron chi connectivity index (χ1n) is 5.76. The second-order valence-electron chi connectivity index (χ2n) is 4.11. The summed E-state index contributed by atoms with van der Waals surface area (Å²) in [5.41, 5.74) is 0.729. The molecule has 6 heteroatoms. The third-order valence-electron chi connectivity index (χ3n) is 2.80. The zero-order valence-electron chi connectivity index (χ0n) is 10.1. The van der Waals surface area contributed by atoms with Crippen LogP contribution in [0.2, 0.25) is 0 Å². The van der Waals surface area contributed by atoms with Gasteiger partial charge in [0.1, 0.15) is 23.8 Å². The molecule has 1 N–H and O–H groups in total. The van der Waals surface area contributed by atoms with Gasteiger partial charge in [0.2, 0.25) is 0 Å². The van der Waals surface area contributed by atoms with E-state index >= 15 is 0 Å². The molecule has 0 aliphatic rings. The number of benzene rings is 2. The van der Waals surface area contributed by atoms with Crippen molar-refractivity contribution in [1.29, 1.82) is 0 Å². The van der Waals surface area contributed by atoms with Crippen molar-refractivity contribution in [1.82, 2.24) is 9.97 Å². The van der Waals surface area contributed by atoms with Crippen LogP contribution in [0.5, 0.6) is 0 Å². The van der Waals surface area contributed by atoms with Gasteiger partial charge in [-0.2, -0.15) is 0 Å². The minimum atomic E-state index is -0.548. The molecule has 0 amide bonds. The Hall–Kier alpha value is -2.08. The van der Waals surface area contributed by atoms with Crippen molar-refractivity contribution in [2.45, 2.75) is 0 Å². The lowest BCUT2D eigenvalue weighted by atomic mass is 10.2. The van der Waals surface area contributed by atoms with E-state index in [2.05, 4.69) is 31.2 Å². The molecule has 0 bridgehead atoms. The van der Waals surface area contributed by atoms with Crippen molar-refractivity contribution in [2.24, 2.45) is 0 Å². The average Bonchev–Trinajstić information content (AvgIpc) is 2.44. The van der Waals surface area contributed by atoms with Crippen LogP contribution in [0.3, 0.4) is 0 Å². The summed E-state index contributed by atoms with van der Waals surface area (Å²) in [7, 11) is 0. The van der Waals surface area contributed by atoms with Crippen LogP contribution in [0.1, 0.15) is 0 Å². The number of rotatable bonds is 2. The highest BCUT2D eigenvalue weighted by Gasteiger charge is 2.09. The first-order valence-corrected chi connectivity index (χ1v) is 6.56. The summed E-state index contributed by atoms with van der Waals surface area (Å²) in [5, 5.41) is 3.51. The first-order chi connectivity index (χ1) is 9.65. The Morgan fingerprint density at radius 2 is 1.90 bits per heavy atom. The predicted octanol–water partition coefficient (Wildman–Crippen LogP) is 4.41. The molecule has 0 aliphatic heterocycles. The number of fused-ring (bicyclic) bond motifs is 1. The van der Waals surface area contributed by atoms with E-state index in [-0.39, 0.29) is 5.69 Å². The number of nitrogens with one attached hydrogen (secondary N) is 1. The molecule has 100 valence electrons. The first kappa shape index (κ1) is 12.9. The van der Waals surface area contributed by atoms with Gasteiger partial charge < -0.3 is 5.32 Å². The molecule has 20 heavy (non-hydrogen) atoms. The summed E-state index contributed by atoms with van der Waals surface area (Å²) in [5.74, 6) is -0.651. The molecule has 3 aromatic rings. The third kappa shape index (κ3) is 2.34. The monoisotopic (exact) mass is 335 g/mol. The van der Waals surface area contributed by atoms with Crippen LogP contribution in [0.15, 0.2) is 47.2 Å². The van der Waals surface area contributed by atoms with E-state index in [9.17, 15) is 8.78 Å². The lowest BCUT2D eigenvalue weighted by Crippen LogP contribution is -1.99. The van der Waals surface area contributed by atoms with Crippen molar-refractivity contribution in [2.75, 3.05) is 5.32 Å². The average molecular weight is 336 g/mol. The van der Waals surface area contributed by atoms with Gasteiger partial charge in [0, 0.05) is 15.9 Å². The van der Waals surface area contributed by atoms with Gasteiger partial charge in [0.25, 0.3) is 0 Å². The van der Waals surface area contributed by atoms with E-state index in [1.807, 2.05) is 12.1 Å². The van der Waals surface area contributed by atoms with E-state index in [0.717, 1.165) is 22.7 Å². The van der Waals surface area contributed by atoms with Crippen molar-refractivity contribution >= 4 is 38.3 Å². The number of hydrogen-bond acceptors (Lipinski definition) is 3. The van der Waals surface area contributed by atoms with E-state index < -0.39 is 11.6 Å². The number of hydrogen-bond donors (Lipinski definition) is 1. The van der Waals surface area contributed by atoms with E-state index in [0.29, 0.717) is 16.7 Å². The lowest BCUT2D eigenvalue weighted by molar-refractivity contribution is 0.603. The van der Waals surface area contributed by atoms with Crippen LogP contribution in [0, 0.1) is 11.6 Å². The quantitative estimate of drug-likeness (QED) is 0.753. The Kier molecular flexibility index (Phi) is 3.31. The molecule has 0 aliphatic carbocycles. The largest absolute Gasteiger partial charge is 0.337 e. The molecule has 0 atom stereocenters. The van der Waals surface area contributed by atoms with E-state index in [4.69, 9.17) is 0 Å². The molecule has 0 fully saturated rings. The Morgan fingerprint density at radius 3 is 2.75 bits per heavy atom. The Labute approximate surface area is 121 Å². The van der Waals surface area contributed by atoms with Gasteiger partial charge in [-0.3, -0.25) is 0 Å². The fourth-order valence-corrected chi connectivity index (χ4v) is 2.34. The van der Waals surface area contributed by atoms with Gasteiger partial charge >= 0.3 is 0 Å². The van der Waals surface area contributed by atoms with Crippen LogP contribution >= 0.6 is 15.9 Å². The maximum absolute atomic E-state index is 13.7. The van der Waals surface area contributed by atoms with Crippen molar-refractivity contribution in [3.63, 3.8) is 0 Å². The van der Waals surface area contributed by atoms with Gasteiger partial charge in [0.05, 0.1) is 11.2 Å². The molecule has 1 aromatic heterocycles. The standard InChI is InChI=1S/C14H8BrF2N3/c15-10-3-1-2-9-13(10)18-7-19-14(9)20-12-6-8(16)4-5-11(12)17/h1-7H,(H,18,19,20). The second kappa shape index (κ2) is 5.13. The van der Waals surface area contributed by atoms with Crippen LogP contribution in [-0.4, -0.2) is 9.97 Å². The third-order valence-corrected chi connectivity index (χ3v) is 3.44. The molecule has 0 spiro atoms. The maximum atomic E-state index is 13.7. The van der Waals surface area contributed by atoms with Gasteiger partial charge in [-0.25, -0.2) is 18.7 Å². The molecule has 2 aromatic carbocycles. The summed E-state index contributed by atoms with van der Waals surface area (Å²) in [6.07, 6.45) is 1.37. The summed E-state index contributed by atoms with van der Waals surface area (Å²) in [6, 6.07) is 8.69. The maximum Gasteiger partial charge on any atom is 0.146 e. The minimum absolute atomic E-state index is 0.0324. The molecule has 0 saturated carbocycles. The highest BCUT2D eigenvalue weighted by molar-refractivity contribution is 9.10. The highest BCUT2D eigenvalue weighted by atomic mass is 79.9. The number of nitrogens with zero attached hydrogens (tertiary/aromatic N) is 2. The fourth-order valence-electron chi connectivity index (χ4n) is 1.87. The highest BCUT2D eigenvalue weighted by Crippen LogP contribution is 2.28. The molecule has 3 rings (SSSR count). The van der Waals surface area contributed by atoms with Gasteiger partial charge in [-0.05, 0) is 40.2 Å². The summed E-state index contributed by atoms with van der Waals surface area (Å²) < 4.78 is 27.6. The Balaban J connectivity index is 2.11.